The molecule has 7 heteroatoms. The van der Waals surface area contributed by atoms with Crippen LogP contribution in [0.4, 0.5) is 0 Å². The molecule has 0 radical (unpaired) electrons. The Labute approximate surface area is 126 Å². The second-order valence-electron chi connectivity index (χ2n) is 5.29. The summed E-state index contributed by atoms with van der Waals surface area (Å²) in [6, 6.07) is 7.62. The first-order valence-electron chi connectivity index (χ1n) is 7.10. The number of amides is 1. The molecule has 0 atom stereocenters. The number of hydrogen-bond acceptors (Lipinski definition) is 4. The van der Waals surface area contributed by atoms with Gasteiger partial charge in [0.2, 0.25) is 5.88 Å². The zero-order valence-electron chi connectivity index (χ0n) is 12.1. The SMILES string of the molecule is Cn1ncc2c1OCCN(C(=O)c1n[nH]c3ccccc13)C2. The van der Waals surface area contributed by atoms with Crippen molar-refractivity contribution in [2.45, 2.75) is 6.54 Å². The van der Waals surface area contributed by atoms with E-state index in [1.54, 1.807) is 15.8 Å². The van der Waals surface area contributed by atoms with Crippen molar-refractivity contribution in [3.63, 3.8) is 0 Å². The number of nitrogens with zero attached hydrogens (tertiary/aromatic N) is 4. The number of aromatic nitrogens is 4. The molecule has 0 unspecified atom stereocenters. The summed E-state index contributed by atoms with van der Waals surface area (Å²) in [5, 5.41) is 12.1. The summed E-state index contributed by atoms with van der Waals surface area (Å²) in [7, 11) is 1.83. The number of fused-ring (bicyclic) bond motifs is 2. The van der Waals surface area contributed by atoms with Gasteiger partial charge < -0.3 is 9.64 Å². The van der Waals surface area contributed by atoms with E-state index in [0.717, 1.165) is 22.3 Å². The number of nitrogens with one attached hydrogen (secondary N) is 1. The maximum absolute atomic E-state index is 12.8. The first kappa shape index (κ1) is 12.9. The van der Waals surface area contributed by atoms with Gasteiger partial charge in [0.05, 0.1) is 30.4 Å². The number of H-pyrrole nitrogens is 1. The molecule has 0 saturated heterocycles. The largest absolute Gasteiger partial charge is 0.476 e. The Morgan fingerprint density at radius 3 is 3.14 bits per heavy atom. The first-order valence-corrected chi connectivity index (χ1v) is 7.10. The second kappa shape index (κ2) is 4.87. The lowest BCUT2D eigenvalue weighted by Gasteiger charge is -2.18. The molecule has 0 fully saturated rings. The molecule has 3 heterocycles. The normalized spacial score (nSPS) is 14.5. The van der Waals surface area contributed by atoms with E-state index >= 15 is 0 Å². The smallest absolute Gasteiger partial charge is 0.275 e. The van der Waals surface area contributed by atoms with E-state index < -0.39 is 0 Å². The number of benzene rings is 1. The van der Waals surface area contributed by atoms with Gasteiger partial charge in [-0.1, -0.05) is 18.2 Å². The van der Waals surface area contributed by atoms with E-state index in [-0.39, 0.29) is 5.91 Å². The molecule has 1 amide bonds. The minimum atomic E-state index is -0.0993. The standard InChI is InChI=1S/C15H15N5O2/c1-19-15-10(8-16-19)9-20(6-7-22-15)14(21)13-11-4-2-3-5-12(11)17-18-13/h2-5,8H,6-7,9H2,1H3,(H,17,18). The molecule has 1 N–H and O–H groups in total. The van der Waals surface area contributed by atoms with E-state index in [0.29, 0.717) is 25.4 Å². The van der Waals surface area contributed by atoms with Gasteiger partial charge in [0, 0.05) is 12.4 Å². The number of para-hydroxylation sites is 1. The Kier molecular flexibility index (Phi) is 2.85. The predicted molar refractivity (Wildman–Crippen MR) is 79.5 cm³/mol. The van der Waals surface area contributed by atoms with Crippen molar-refractivity contribution >= 4 is 16.8 Å². The molecule has 0 saturated carbocycles. The van der Waals surface area contributed by atoms with Crippen molar-refractivity contribution in [1.82, 2.24) is 24.9 Å². The highest BCUT2D eigenvalue weighted by molar-refractivity contribution is 6.04. The van der Waals surface area contributed by atoms with Crippen molar-refractivity contribution in [3.8, 4) is 5.88 Å². The lowest BCUT2D eigenvalue weighted by molar-refractivity contribution is 0.0727. The number of carbonyl (C=O) groups excluding carboxylic acids is 1. The van der Waals surface area contributed by atoms with Crippen LogP contribution in [0, 0.1) is 0 Å². The average Bonchev–Trinajstić information content (AvgIpc) is 3.03. The third-order valence-corrected chi connectivity index (χ3v) is 3.88. The number of ether oxygens (including phenoxy) is 1. The van der Waals surface area contributed by atoms with E-state index in [2.05, 4.69) is 15.3 Å². The Morgan fingerprint density at radius 2 is 2.23 bits per heavy atom. The molecular weight excluding hydrogens is 282 g/mol. The highest BCUT2D eigenvalue weighted by Gasteiger charge is 2.25. The minimum absolute atomic E-state index is 0.0993. The molecule has 3 aromatic rings. The molecule has 1 aromatic carbocycles. The van der Waals surface area contributed by atoms with Crippen LogP contribution in [0.2, 0.25) is 0 Å². The number of aryl methyl sites for hydroxylation is 1. The van der Waals surface area contributed by atoms with Gasteiger partial charge in [0.15, 0.2) is 5.69 Å². The second-order valence-corrected chi connectivity index (χ2v) is 5.29. The topological polar surface area (TPSA) is 76.0 Å². The van der Waals surface area contributed by atoms with Crippen LogP contribution in [0.5, 0.6) is 5.88 Å². The summed E-state index contributed by atoms with van der Waals surface area (Å²) >= 11 is 0. The molecule has 22 heavy (non-hydrogen) atoms. The van der Waals surface area contributed by atoms with Crippen LogP contribution in [0.15, 0.2) is 30.5 Å². The number of carbonyl (C=O) groups is 1. The maximum atomic E-state index is 12.8. The summed E-state index contributed by atoms with van der Waals surface area (Å²) in [5.74, 6) is 0.625. The average molecular weight is 297 g/mol. The summed E-state index contributed by atoms with van der Waals surface area (Å²) in [4.78, 5) is 14.6. The molecule has 4 rings (SSSR count). The summed E-state index contributed by atoms with van der Waals surface area (Å²) in [6.45, 7) is 1.44. The Morgan fingerprint density at radius 1 is 1.36 bits per heavy atom. The van der Waals surface area contributed by atoms with Crippen LogP contribution in [0.1, 0.15) is 16.1 Å². The minimum Gasteiger partial charge on any atom is -0.476 e. The predicted octanol–water partition coefficient (Wildman–Crippen LogP) is 1.33. The van der Waals surface area contributed by atoms with Crippen molar-refractivity contribution in [2.75, 3.05) is 13.2 Å². The van der Waals surface area contributed by atoms with Crippen LogP contribution in [-0.2, 0) is 13.6 Å². The number of aromatic amines is 1. The zero-order valence-corrected chi connectivity index (χ0v) is 12.1. The maximum Gasteiger partial charge on any atom is 0.275 e. The van der Waals surface area contributed by atoms with Gasteiger partial charge in [0.25, 0.3) is 5.91 Å². The summed E-state index contributed by atoms with van der Waals surface area (Å²) in [5.41, 5.74) is 2.22. The van der Waals surface area contributed by atoms with Gasteiger partial charge in [-0.25, -0.2) is 4.68 Å². The fourth-order valence-electron chi connectivity index (χ4n) is 2.75. The van der Waals surface area contributed by atoms with Crippen molar-refractivity contribution in [2.24, 2.45) is 7.05 Å². The monoisotopic (exact) mass is 297 g/mol. The summed E-state index contributed by atoms with van der Waals surface area (Å²) in [6.07, 6.45) is 1.74. The van der Waals surface area contributed by atoms with Crippen molar-refractivity contribution < 1.29 is 9.53 Å². The molecule has 1 aliphatic rings. The zero-order chi connectivity index (χ0) is 15.1. The number of hydrogen-bond donors (Lipinski definition) is 1. The van der Waals surface area contributed by atoms with E-state index in [1.807, 2.05) is 31.3 Å². The molecule has 0 bridgehead atoms. The van der Waals surface area contributed by atoms with Crippen LogP contribution in [-0.4, -0.2) is 43.9 Å². The third kappa shape index (κ3) is 1.93. The van der Waals surface area contributed by atoms with Crippen molar-refractivity contribution in [1.29, 1.82) is 0 Å². The highest BCUT2D eigenvalue weighted by atomic mass is 16.5. The van der Waals surface area contributed by atoms with E-state index in [1.165, 1.54) is 0 Å². The molecule has 112 valence electrons. The highest BCUT2D eigenvalue weighted by Crippen LogP contribution is 2.24. The Bertz CT molecular complexity index is 851. The fourth-order valence-corrected chi connectivity index (χ4v) is 2.75. The van der Waals surface area contributed by atoms with E-state index in [9.17, 15) is 4.79 Å². The molecule has 2 aromatic heterocycles. The van der Waals surface area contributed by atoms with Crippen molar-refractivity contribution in [3.05, 3.63) is 41.7 Å². The molecule has 0 spiro atoms. The van der Waals surface area contributed by atoms with Gasteiger partial charge in [-0.2, -0.15) is 10.2 Å². The van der Waals surface area contributed by atoms with Crippen LogP contribution in [0.25, 0.3) is 10.9 Å². The van der Waals surface area contributed by atoms with Crippen LogP contribution < -0.4 is 4.74 Å². The third-order valence-electron chi connectivity index (χ3n) is 3.88. The lowest BCUT2D eigenvalue weighted by Crippen LogP contribution is -2.32. The molecule has 7 nitrogen and oxygen atoms in total. The van der Waals surface area contributed by atoms with Crippen LogP contribution in [0.3, 0.4) is 0 Å². The van der Waals surface area contributed by atoms with Crippen LogP contribution >= 0.6 is 0 Å². The fraction of sp³-hybridized carbons (Fsp3) is 0.267. The molecular formula is C15H15N5O2. The van der Waals surface area contributed by atoms with E-state index in [4.69, 9.17) is 4.74 Å². The van der Waals surface area contributed by atoms with Gasteiger partial charge in [-0.05, 0) is 6.07 Å². The number of rotatable bonds is 1. The summed E-state index contributed by atoms with van der Waals surface area (Å²) < 4.78 is 7.37. The van der Waals surface area contributed by atoms with Gasteiger partial charge in [0.1, 0.15) is 6.61 Å². The van der Waals surface area contributed by atoms with Gasteiger partial charge in [-0.15, -0.1) is 0 Å². The lowest BCUT2D eigenvalue weighted by atomic mass is 10.2. The Hall–Kier alpha value is -2.83. The van der Waals surface area contributed by atoms with Gasteiger partial charge >= 0.3 is 0 Å². The molecule has 1 aliphatic heterocycles. The first-order chi connectivity index (χ1) is 10.7. The Balaban J connectivity index is 1.68. The quantitative estimate of drug-likeness (QED) is 0.735. The molecule has 0 aliphatic carbocycles. The van der Waals surface area contributed by atoms with Gasteiger partial charge in [-0.3, -0.25) is 9.89 Å².